The fourth-order valence-corrected chi connectivity index (χ4v) is 5.57. The van der Waals surface area contributed by atoms with Crippen molar-refractivity contribution in [3.8, 4) is 22.0 Å². The molecular weight excluding hydrogens is 514 g/mol. The number of hydrogen-bond acceptors (Lipinski definition) is 6. The predicted molar refractivity (Wildman–Crippen MR) is 165 cm³/mol. The van der Waals surface area contributed by atoms with Crippen LogP contribution in [0, 0.1) is 6.92 Å². The highest BCUT2D eigenvalue weighted by Gasteiger charge is 2.18. The van der Waals surface area contributed by atoms with E-state index in [1.165, 1.54) is 15.3 Å². The first-order valence-corrected chi connectivity index (χ1v) is 14.0. The highest BCUT2D eigenvalue weighted by Crippen LogP contribution is 2.34. The van der Waals surface area contributed by atoms with Crippen molar-refractivity contribution in [3.63, 3.8) is 0 Å². The normalized spacial score (nSPS) is 12.4. The van der Waals surface area contributed by atoms with Crippen molar-refractivity contribution in [2.45, 2.75) is 20.4 Å². The molecule has 0 spiro atoms. The van der Waals surface area contributed by atoms with Crippen LogP contribution in [-0.2, 0) is 6.54 Å². The number of rotatable bonds is 9. The Labute approximate surface area is 236 Å². The van der Waals surface area contributed by atoms with Gasteiger partial charge in [0.1, 0.15) is 5.52 Å². The van der Waals surface area contributed by atoms with E-state index < -0.39 is 0 Å². The summed E-state index contributed by atoms with van der Waals surface area (Å²) in [6.45, 7) is 9.65. The summed E-state index contributed by atoms with van der Waals surface area (Å²) in [5.74, 6) is 0.633. The molecule has 6 aromatic rings. The van der Waals surface area contributed by atoms with Crippen molar-refractivity contribution < 1.29 is 0 Å². The number of aromatic nitrogens is 6. The van der Waals surface area contributed by atoms with Gasteiger partial charge >= 0.3 is 0 Å². The number of pyridine rings is 2. The molecule has 0 fully saturated rings. The van der Waals surface area contributed by atoms with E-state index in [9.17, 15) is 0 Å². The van der Waals surface area contributed by atoms with Gasteiger partial charge in [-0.1, -0.05) is 49.1 Å². The summed E-state index contributed by atoms with van der Waals surface area (Å²) >= 11 is 1.75. The van der Waals surface area contributed by atoms with Gasteiger partial charge in [0.25, 0.3) is 0 Å². The van der Waals surface area contributed by atoms with Gasteiger partial charge in [-0.3, -0.25) is 5.10 Å². The molecule has 0 saturated carbocycles. The molecule has 0 saturated heterocycles. The number of H-pyrrole nitrogens is 2. The van der Waals surface area contributed by atoms with Crippen molar-refractivity contribution in [1.29, 1.82) is 0 Å². The van der Waals surface area contributed by atoms with Gasteiger partial charge in [0.05, 0.1) is 16.7 Å². The Morgan fingerprint density at radius 2 is 1.93 bits per heavy atom. The number of nitrogens with one attached hydrogen (secondary N) is 3. The number of fused-ring (bicyclic) bond motifs is 2. The maximum Gasteiger partial charge on any atom is 0.178 e. The van der Waals surface area contributed by atoms with E-state index in [-0.39, 0.29) is 0 Å². The van der Waals surface area contributed by atoms with Crippen LogP contribution in [0.25, 0.3) is 49.7 Å². The molecule has 0 bridgehead atoms. The molecule has 8 heteroatoms. The molecule has 0 aliphatic carbocycles. The molecule has 6 rings (SSSR count). The summed E-state index contributed by atoms with van der Waals surface area (Å²) in [4.78, 5) is 20.2. The first-order valence-electron chi connectivity index (χ1n) is 13.1. The summed E-state index contributed by atoms with van der Waals surface area (Å²) in [5, 5.41) is 11.2. The third-order valence-electron chi connectivity index (χ3n) is 6.74. The summed E-state index contributed by atoms with van der Waals surface area (Å²) in [5.41, 5.74) is 9.06. The van der Waals surface area contributed by atoms with Crippen LogP contribution in [0.15, 0.2) is 97.2 Å². The van der Waals surface area contributed by atoms with Crippen molar-refractivity contribution in [1.82, 2.24) is 35.5 Å². The molecule has 0 radical (unpaired) electrons. The number of benzene rings is 1. The molecule has 0 unspecified atom stereocenters. The van der Waals surface area contributed by atoms with Crippen molar-refractivity contribution >= 4 is 39.1 Å². The second-order valence-electron chi connectivity index (χ2n) is 9.47. The average molecular weight is 544 g/mol. The van der Waals surface area contributed by atoms with E-state index in [0.29, 0.717) is 23.7 Å². The standard InChI is InChI=1S/C32H29N7S/c1-4-21(18-33-19-22-9-7-6-8-10-22)17-23(5-2)25-12-13-26-29(35-25)30(39-38-26)32-36-28-24(15-16-34-31(28)37-32)27-14-11-20(3)40-27/h4-17,33H,1,18-19H2,2-3H3,(H,38,39)(H,34,36,37)/b21-17+,23-5+. The fourth-order valence-electron chi connectivity index (χ4n) is 4.67. The molecular formula is C32H29N7S. The number of hydrogen-bond donors (Lipinski definition) is 3. The minimum atomic E-state index is 0.633. The molecule has 40 heavy (non-hydrogen) atoms. The minimum absolute atomic E-state index is 0.633. The van der Waals surface area contributed by atoms with Gasteiger partial charge in [0.2, 0.25) is 0 Å². The van der Waals surface area contributed by atoms with Crippen LogP contribution in [0.3, 0.4) is 0 Å². The Bertz CT molecular complexity index is 1870. The Kier molecular flexibility index (Phi) is 7.18. The van der Waals surface area contributed by atoms with Gasteiger partial charge in [-0.25, -0.2) is 15.0 Å². The lowest BCUT2D eigenvalue weighted by atomic mass is 10.1. The first kappa shape index (κ1) is 25.6. The Morgan fingerprint density at radius 1 is 1.05 bits per heavy atom. The molecule has 198 valence electrons. The van der Waals surface area contributed by atoms with Crippen LogP contribution in [0.2, 0.25) is 0 Å². The number of aromatic amines is 2. The van der Waals surface area contributed by atoms with Crippen LogP contribution < -0.4 is 5.32 Å². The van der Waals surface area contributed by atoms with Crippen molar-refractivity contribution in [2.75, 3.05) is 6.54 Å². The van der Waals surface area contributed by atoms with Gasteiger partial charge in [-0.2, -0.15) is 5.10 Å². The van der Waals surface area contributed by atoms with Gasteiger partial charge in [-0.15, -0.1) is 11.3 Å². The Morgan fingerprint density at radius 3 is 2.70 bits per heavy atom. The summed E-state index contributed by atoms with van der Waals surface area (Å²) < 4.78 is 0. The second-order valence-corrected chi connectivity index (χ2v) is 10.8. The molecule has 0 amide bonds. The molecule has 3 N–H and O–H groups in total. The molecule has 1 aromatic carbocycles. The van der Waals surface area contributed by atoms with Gasteiger partial charge in [0, 0.05) is 34.6 Å². The topological polar surface area (TPSA) is 95.2 Å². The van der Waals surface area contributed by atoms with Crippen LogP contribution in [-0.4, -0.2) is 36.7 Å². The van der Waals surface area contributed by atoms with E-state index >= 15 is 0 Å². The van der Waals surface area contributed by atoms with Crippen LogP contribution >= 0.6 is 11.3 Å². The van der Waals surface area contributed by atoms with Gasteiger partial charge in [-0.05, 0) is 67.0 Å². The minimum Gasteiger partial charge on any atom is -0.335 e. The number of aryl methyl sites for hydroxylation is 1. The van der Waals surface area contributed by atoms with E-state index in [0.717, 1.165) is 45.5 Å². The zero-order valence-corrected chi connectivity index (χ0v) is 23.2. The Balaban J connectivity index is 1.30. The van der Waals surface area contributed by atoms with Gasteiger partial charge < -0.3 is 10.3 Å². The van der Waals surface area contributed by atoms with E-state index in [4.69, 9.17) is 9.97 Å². The quantitative estimate of drug-likeness (QED) is 0.167. The molecule has 0 aliphatic rings. The van der Waals surface area contributed by atoms with Crippen molar-refractivity contribution in [2.24, 2.45) is 0 Å². The summed E-state index contributed by atoms with van der Waals surface area (Å²) in [6, 6.07) is 20.7. The van der Waals surface area contributed by atoms with Crippen LogP contribution in [0.5, 0.6) is 0 Å². The molecule has 5 aromatic heterocycles. The monoisotopic (exact) mass is 543 g/mol. The fraction of sp³-hybridized carbons (Fsp3) is 0.125. The lowest BCUT2D eigenvalue weighted by Crippen LogP contribution is -2.16. The third kappa shape index (κ3) is 5.14. The van der Waals surface area contributed by atoms with E-state index in [1.807, 2.05) is 37.3 Å². The first-order chi connectivity index (χ1) is 19.6. The van der Waals surface area contributed by atoms with Crippen molar-refractivity contribution in [3.05, 3.63) is 113 Å². The van der Waals surface area contributed by atoms with Crippen LogP contribution in [0.4, 0.5) is 0 Å². The van der Waals surface area contributed by atoms with E-state index in [2.05, 4.69) is 87.5 Å². The molecule has 0 aliphatic heterocycles. The second kappa shape index (κ2) is 11.2. The smallest absolute Gasteiger partial charge is 0.178 e. The zero-order valence-electron chi connectivity index (χ0n) is 22.4. The largest absolute Gasteiger partial charge is 0.335 e. The average Bonchev–Trinajstić information content (AvgIpc) is 3.72. The number of allylic oxidation sites excluding steroid dienone is 3. The maximum absolute atomic E-state index is 5.01. The maximum atomic E-state index is 5.01. The number of imidazole rings is 1. The van der Waals surface area contributed by atoms with Crippen LogP contribution in [0.1, 0.15) is 23.1 Å². The van der Waals surface area contributed by atoms with Gasteiger partial charge in [0.15, 0.2) is 17.2 Å². The summed E-state index contributed by atoms with van der Waals surface area (Å²) in [6.07, 6.45) is 7.87. The summed E-state index contributed by atoms with van der Waals surface area (Å²) in [7, 11) is 0. The third-order valence-corrected chi connectivity index (χ3v) is 7.77. The molecule has 7 nitrogen and oxygen atoms in total. The highest BCUT2D eigenvalue weighted by molar-refractivity contribution is 7.15. The number of nitrogens with zero attached hydrogens (tertiary/aromatic N) is 4. The SMILES string of the molecule is C=C/C(=C\C(=C/C)c1ccc2[nH]nc(-c3nc4nccc(-c5ccc(C)s5)c4[nH]3)c2n1)CNCc1ccccc1. The highest BCUT2D eigenvalue weighted by atomic mass is 32.1. The lowest BCUT2D eigenvalue weighted by Gasteiger charge is -2.08. The lowest BCUT2D eigenvalue weighted by molar-refractivity contribution is 0.747. The van der Waals surface area contributed by atoms with E-state index in [1.54, 1.807) is 17.5 Å². The zero-order chi connectivity index (χ0) is 27.5. The Hall–Kier alpha value is -4.66. The predicted octanol–water partition coefficient (Wildman–Crippen LogP) is 7.24. The number of thiophene rings is 1. The molecule has 5 heterocycles. The molecule has 0 atom stereocenters.